The first-order chi connectivity index (χ1) is 10.1. The van der Waals surface area contributed by atoms with Crippen LogP contribution in [0.3, 0.4) is 0 Å². The van der Waals surface area contributed by atoms with E-state index in [2.05, 4.69) is 11.4 Å². The molecule has 0 bridgehead atoms. The number of anilines is 1. The summed E-state index contributed by atoms with van der Waals surface area (Å²) in [5.41, 5.74) is 9.43. The van der Waals surface area contributed by atoms with Gasteiger partial charge in [0.05, 0.1) is 0 Å². The molecular weight excluding hydrogens is 264 g/mol. The summed E-state index contributed by atoms with van der Waals surface area (Å²) in [7, 11) is 0. The lowest BCUT2D eigenvalue weighted by Crippen LogP contribution is -2.15. The molecule has 0 heterocycles. The fraction of sp³-hybridized carbons (Fsp3) is 0.176. The van der Waals surface area contributed by atoms with Crippen LogP contribution in [-0.2, 0) is 12.8 Å². The van der Waals surface area contributed by atoms with E-state index in [0.29, 0.717) is 11.1 Å². The van der Waals surface area contributed by atoms with Gasteiger partial charge in [-0.05, 0) is 60.7 Å². The molecule has 21 heavy (non-hydrogen) atoms. The zero-order valence-corrected chi connectivity index (χ0v) is 11.6. The largest absolute Gasteiger partial charge is 0.366 e. The zero-order chi connectivity index (χ0) is 14.8. The number of primary amides is 1. The summed E-state index contributed by atoms with van der Waals surface area (Å²) in [6, 6.07) is 12.4. The third kappa shape index (κ3) is 2.79. The lowest BCUT2D eigenvalue weighted by Gasteiger charge is -2.08. The van der Waals surface area contributed by atoms with Crippen molar-refractivity contribution in [1.82, 2.24) is 0 Å². The van der Waals surface area contributed by atoms with Crippen molar-refractivity contribution >= 4 is 17.5 Å². The van der Waals surface area contributed by atoms with Gasteiger partial charge in [0, 0.05) is 16.8 Å². The average molecular weight is 280 g/mol. The van der Waals surface area contributed by atoms with Crippen LogP contribution in [0, 0.1) is 0 Å². The quantitative estimate of drug-likeness (QED) is 0.906. The number of carbonyl (C=O) groups excluding carboxylic acids is 2. The molecule has 0 aromatic heterocycles. The summed E-state index contributed by atoms with van der Waals surface area (Å²) in [4.78, 5) is 23.4. The number of carbonyl (C=O) groups is 2. The Morgan fingerprint density at radius 3 is 2.52 bits per heavy atom. The second-order valence-electron chi connectivity index (χ2n) is 5.24. The van der Waals surface area contributed by atoms with Gasteiger partial charge in [0.15, 0.2) is 0 Å². The minimum absolute atomic E-state index is 0.240. The first kappa shape index (κ1) is 13.4. The van der Waals surface area contributed by atoms with Crippen molar-refractivity contribution in [2.45, 2.75) is 19.3 Å². The van der Waals surface area contributed by atoms with Crippen molar-refractivity contribution in [1.29, 1.82) is 0 Å². The highest BCUT2D eigenvalue weighted by atomic mass is 16.2. The van der Waals surface area contributed by atoms with Gasteiger partial charge in [-0.1, -0.05) is 12.1 Å². The van der Waals surface area contributed by atoms with Crippen LogP contribution in [0.2, 0.25) is 0 Å². The molecule has 0 unspecified atom stereocenters. The summed E-state index contributed by atoms with van der Waals surface area (Å²) in [5, 5.41) is 2.86. The molecule has 3 N–H and O–H groups in total. The van der Waals surface area contributed by atoms with Crippen molar-refractivity contribution in [3.63, 3.8) is 0 Å². The van der Waals surface area contributed by atoms with Crippen molar-refractivity contribution in [2.75, 3.05) is 5.32 Å². The predicted octanol–water partition coefficient (Wildman–Crippen LogP) is 2.53. The van der Waals surface area contributed by atoms with Gasteiger partial charge < -0.3 is 11.1 Å². The van der Waals surface area contributed by atoms with Crippen molar-refractivity contribution in [2.24, 2.45) is 5.73 Å². The smallest absolute Gasteiger partial charge is 0.255 e. The molecule has 0 atom stereocenters. The van der Waals surface area contributed by atoms with Crippen molar-refractivity contribution in [3.8, 4) is 0 Å². The van der Waals surface area contributed by atoms with Gasteiger partial charge in [-0.2, -0.15) is 0 Å². The maximum absolute atomic E-state index is 12.2. The normalized spacial score (nSPS) is 12.8. The molecule has 0 radical (unpaired) electrons. The van der Waals surface area contributed by atoms with Gasteiger partial charge >= 0.3 is 0 Å². The second kappa shape index (κ2) is 5.40. The maximum Gasteiger partial charge on any atom is 0.255 e. The first-order valence-electron chi connectivity index (χ1n) is 6.96. The highest BCUT2D eigenvalue weighted by Crippen LogP contribution is 2.25. The van der Waals surface area contributed by atoms with E-state index in [1.807, 2.05) is 12.1 Å². The maximum atomic E-state index is 12.2. The van der Waals surface area contributed by atoms with E-state index in [0.717, 1.165) is 18.5 Å². The molecule has 2 aromatic carbocycles. The van der Waals surface area contributed by atoms with Gasteiger partial charge in [0.25, 0.3) is 5.91 Å². The van der Waals surface area contributed by atoms with Crippen LogP contribution in [0.5, 0.6) is 0 Å². The average Bonchev–Trinajstić information content (AvgIpc) is 2.95. The van der Waals surface area contributed by atoms with Crippen LogP contribution in [0.25, 0.3) is 0 Å². The lowest BCUT2D eigenvalue weighted by molar-refractivity contribution is 0.1000. The number of benzene rings is 2. The molecule has 106 valence electrons. The predicted molar refractivity (Wildman–Crippen MR) is 81.4 cm³/mol. The molecule has 2 aromatic rings. The van der Waals surface area contributed by atoms with Crippen molar-refractivity contribution in [3.05, 3.63) is 64.7 Å². The molecule has 0 aliphatic heterocycles. The Labute approximate surface area is 123 Å². The number of hydrogen-bond donors (Lipinski definition) is 2. The van der Waals surface area contributed by atoms with Crippen molar-refractivity contribution < 1.29 is 9.59 Å². The number of aryl methyl sites for hydroxylation is 2. The number of nitrogens with two attached hydrogens (primary N) is 1. The van der Waals surface area contributed by atoms with E-state index >= 15 is 0 Å². The van der Waals surface area contributed by atoms with E-state index in [1.54, 1.807) is 18.2 Å². The topological polar surface area (TPSA) is 72.2 Å². The van der Waals surface area contributed by atoms with Crippen LogP contribution in [0.1, 0.15) is 38.3 Å². The van der Waals surface area contributed by atoms with Gasteiger partial charge in [-0.25, -0.2) is 0 Å². The third-order valence-corrected chi connectivity index (χ3v) is 3.77. The molecule has 4 heteroatoms. The third-order valence-electron chi connectivity index (χ3n) is 3.77. The van der Waals surface area contributed by atoms with E-state index < -0.39 is 5.91 Å². The minimum atomic E-state index is -0.540. The van der Waals surface area contributed by atoms with Crippen LogP contribution in [0.15, 0.2) is 42.5 Å². The number of fused-ring (bicyclic) bond motifs is 1. The molecule has 0 saturated carbocycles. The van der Waals surface area contributed by atoms with Gasteiger partial charge in [0.2, 0.25) is 5.91 Å². The fourth-order valence-corrected chi connectivity index (χ4v) is 2.67. The summed E-state index contributed by atoms with van der Waals surface area (Å²) >= 11 is 0. The van der Waals surface area contributed by atoms with Crippen LogP contribution in [-0.4, -0.2) is 11.8 Å². The molecule has 1 aliphatic carbocycles. The molecule has 3 rings (SSSR count). The number of nitrogens with one attached hydrogen (secondary N) is 1. The summed E-state index contributed by atoms with van der Waals surface area (Å²) in [6.45, 7) is 0. The summed E-state index contributed by atoms with van der Waals surface area (Å²) in [5.74, 6) is -0.779. The summed E-state index contributed by atoms with van der Waals surface area (Å²) in [6.07, 6.45) is 3.35. The van der Waals surface area contributed by atoms with Gasteiger partial charge in [0.1, 0.15) is 0 Å². The zero-order valence-electron chi connectivity index (χ0n) is 11.6. The van der Waals surface area contributed by atoms with E-state index in [1.165, 1.54) is 23.6 Å². The highest BCUT2D eigenvalue weighted by Gasteiger charge is 2.13. The molecule has 1 aliphatic rings. The number of hydrogen-bond acceptors (Lipinski definition) is 2. The van der Waals surface area contributed by atoms with Gasteiger partial charge in [-0.15, -0.1) is 0 Å². The Balaban J connectivity index is 1.80. The molecule has 2 amide bonds. The minimum Gasteiger partial charge on any atom is -0.366 e. The summed E-state index contributed by atoms with van der Waals surface area (Å²) < 4.78 is 0. The molecular formula is C17H16N2O2. The first-order valence-corrected chi connectivity index (χ1v) is 6.96. The fourth-order valence-electron chi connectivity index (χ4n) is 2.67. The Morgan fingerprint density at radius 2 is 1.71 bits per heavy atom. The van der Waals surface area contributed by atoms with E-state index in [-0.39, 0.29) is 5.91 Å². The van der Waals surface area contributed by atoms with Crippen LogP contribution < -0.4 is 11.1 Å². The Morgan fingerprint density at radius 1 is 0.952 bits per heavy atom. The molecule has 0 spiro atoms. The molecule has 0 saturated heterocycles. The monoisotopic (exact) mass is 280 g/mol. The van der Waals surface area contributed by atoms with E-state index in [4.69, 9.17) is 5.73 Å². The second-order valence-corrected chi connectivity index (χ2v) is 5.24. The highest BCUT2D eigenvalue weighted by molar-refractivity contribution is 6.06. The van der Waals surface area contributed by atoms with Crippen LogP contribution >= 0.6 is 0 Å². The number of amides is 2. The Hall–Kier alpha value is -2.62. The molecule has 4 nitrogen and oxygen atoms in total. The Kier molecular flexibility index (Phi) is 3.44. The molecule has 0 fully saturated rings. The number of rotatable bonds is 3. The SMILES string of the molecule is NC(=O)c1cccc(C(=O)Nc2ccc3c(c2)CCC3)c1. The lowest BCUT2D eigenvalue weighted by atomic mass is 10.1. The standard InChI is InChI=1S/C17H16N2O2/c18-16(20)13-5-2-6-14(9-13)17(21)19-15-8-7-11-3-1-4-12(11)10-15/h2,5-10H,1,3-4H2,(H2,18,20)(H,19,21). The van der Waals surface area contributed by atoms with E-state index in [9.17, 15) is 9.59 Å². The van der Waals surface area contributed by atoms with Gasteiger partial charge in [-0.3, -0.25) is 9.59 Å². The Bertz CT molecular complexity index is 722. The van der Waals surface area contributed by atoms with Crippen LogP contribution in [0.4, 0.5) is 5.69 Å².